The van der Waals surface area contributed by atoms with E-state index >= 15 is 0 Å². The number of carbonyl (C=O) groups excluding carboxylic acids is 2. The van der Waals surface area contributed by atoms with E-state index in [0.29, 0.717) is 19.4 Å². The summed E-state index contributed by atoms with van der Waals surface area (Å²) >= 11 is 0. The van der Waals surface area contributed by atoms with Crippen LogP contribution >= 0.6 is 0 Å². The minimum absolute atomic E-state index is 0.00154. The van der Waals surface area contributed by atoms with E-state index in [1.165, 1.54) is 250 Å². The number of rotatable bonds is 57. The molecule has 0 rings (SSSR count). The van der Waals surface area contributed by atoms with Crippen LogP contribution in [0.4, 0.5) is 0 Å². The predicted molar refractivity (Wildman–Crippen MR) is 301 cm³/mol. The van der Waals surface area contributed by atoms with E-state index < -0.39 is 12.1 Å². The number of aliphatic hydroxyl groups excluding tert-OH is 2. The summed E-state index contributed by atoms with van der Waals surface area (Å²) in [5, 5.41) is 23.1. The Kier molecular flexibility index (Phi) is 57.0. The quantitative estimate of drug-likeness (QED) is 0.0321. The normalized spacial score (nSPS) is 12.8. The molecule has 0 aliphatic heterocycles. The molecule has 2 unspecified atom stereocenters. The second-order valence-corrected chi connectivity index (χ2v) is 21.0. The highest BCUT2D eigenvalue weighted by Crippen LogP contribution is 2.18. The molecule has 0 heterocycles. The van der Waals surface area contributed by atoms with E-state index in [1.54, 1.807) is 6.08 Å². The van der Waals surface area contributed by atoms with Crippen LogP contribution in [0.2, 0.25) is 0 Å². The highest BCUT2D eigenvalue weighted by Gasteiger charge is 2.18. The smallest absolute Gasteiger partial charge is 0.305 e. The van der Waals surface area contributed by atoms with E-state index in [2.05, 4.69) is 43.5 Å². The van der Waals surface area contributed by atoms with Gasteiger partial charge in [-0.1, -0.05) is 294 Å². The number of nitrogens with one attached hydrogen (secondary N) is 1. The topological polar surface area (TPSA) is 95.9 Å². The Morgan fingerprint density at radius 3 is 1.16 bits per heavy atom. The van der Waals surface area contributed by atoms with Crippen LogP contribution in [-0.2, 0) is 14.3 Å². The van der Waals surface area contributed by atoms with Gasteiger partial charge in [0.2, 0.25) is 5.91 Å². The first-order valence-corrected chi connectivity index (χ1v) is 30.8. The number of unbranched alkanes of at least 4 members (excludes halogenated alkanes) is 42. The van der Waals surface area contributed by atoms with E-state index in [1.807, 2.05) is 6.08 Å². The Labute approximate surface area is 430 Å². The van der Waals surface area contributed by atoms with Crippen molar-refractivity contribution >= 4 is 11.9 Å². The molecule has 0 fully saturated rings. The Morgan fingerprint density at radius 2 is 0.754 bits per heavy atom. The van der Waals surface area contributed by atoms with Gasteiger partial charge in [0.05, 0.1) is 25.4 Å². The zero-order valence-corrected chi connectivity index (χ0v) is 46.3. The predicted octanol–water partition coefficient (Wildman–Crippen LogP) is 19.2. The summed E-state index contributed by atoms with van der Waals surface area (Å²) in [7, 11) is 0. The maximum atomic E-state index is 12.5. The fraction of sp³-hybridized carbons (Fsp3) is 0.873. The molecule has 0 aliphatic carbocycles. The number of allylic oxidation sites excluding steroid dienone is 5. The molecule has 0 saturated heterocycles. The molecular formula is C63H119NO5. The summed E-state index contributed by atoms with van der Waals surface area (Å²) in [4.78, 5) is 24.5. The van der Waals surface area contributed by atoms with Crippen molar-refractivity contribution in [3.8, 4) is 0 Å². The van der Waals surface area contributed by atoms with Crippen molar-refractivity contribution in [1.29, 1.82) is 0 Å². The Morgan fingerprint density at radius 1 is 0.406 bits per heavy atom. The van der Waals surface area contributed by atoms with Gasteiger partial charge in [0, 0.05) is 12.8 Å². The average Bonchev–Trinajstić information content (AvgIpc) is 3.35. The van der Waals surface area contributed by atoms with Crippen molar-refractivity contribution in [3.05, 3.63) is 36.5 Å². The van der Waals surface area contributed by atoms with Gasteiger partial charge in [-0.25, -0.2) is 0 Å². The van der Waals surface area contributed by atoms with Crippen LogP contribution in [0, 0.1) is 0 Å². The highest BCUT2D eigenvalue weighted by molar-refractivity contribution is 5.76. The molecule has 0 bridgehead atoms. The van der Waals surface area contributed by atoms with Gasteiger partial charge in [0.15, 0.2) is 0 Å². The van der Waals surface area contributed by atoms with Crippen LogP contribution in [0.5, 0.6) is 0 Å². The lowest BCUT2D eigenvalue weighted by Crippen LogP contribution is -2.45. The summed E-state index contributed by atoms with van der Waals surface area (Å²) in [6.07, 6.45) is 73.2. The standard InChI is InChI=1S/C63H119NO5/c1-3-5-7-9-11-13-15-17-18-28-32-35-39-43-47-51-55-61(66)60(59-65)64-62(67)56-52-48-44-40-36-33-29-26-24-22-20-19-21-23-25-27-30-34-38-42-46-50-54-58-69-63(68)57-53-49-45-41-37-31-16-14-12-10-8-6-4-2/h8,10,14,16,51,55,60-61,65-66H,3-7,9,11-13,15,17-50,52-54,56-59H2,1-2H3,(H,64,67)/b10-8-,16-14-,55-51+. The number of ether oxygens (including phenoxy) is 1. The molecule has 1 amide bonds. The Hall–Kier alpha value is -1.92. The lowest BCUT2D eigenvalue weighted by atomic mass is 10.0. The Bertz CT molecular complexity index is 1120. The molecule has 6 heteroatoms. The molecule has 0 saturated carbocycles. The number of aliphatic hydroxyl groups is 2. The van der Waals surface area contributed by atoms with Gasteiger partial charge >= 0.3 is 5.97 Å². The van der Waals surface area contributed by atoms with E-state index in [9.17, 15) is 19.8 Å². The van der Waals surface area contributed by atoms with Crippen LogP contribution in [-0.4, -0.2) is 47.4 Å². The van der Waals surface area contributed by atoms with Crippen molar-refractivity contribution in [2.24, 2.45) is 0 Å². The third-order valence-electron chi connectivity index (χ3n) is 14.1. The molecule has 2 atom stereocenters. The molecule has 0 aromatic rings. The highest BCUT2D eigenvalue weighted by atomic mass is 16.5. The summed E-state index contributed by atoms with van der Waals surface area (Å²) in [6.45, 7) is 4.85. The number of amides is 1. The molecule has 0 aromatic carbocycles. The Balaban J connectivity index is 3.40. The van der Waals surface area contributed by atoms with Gasteiger partial charge in [-0.3, -0.25) is 9.59 Å². The van der Waals surface area contributed by atoms with Crippen molar-refractivity contribution in [2.45, 2.75) is 341 Å². The second-order valence-electron chi connectivity index (χ2n) is 21.0. The average molecular weight is 971 g/mol. The number of esters is 1. The lowest BCUT2D eigenvalue weighted by Gasteiger charge is -2.20. The van der Waals surface area contributed by atoms with Gasteiger partial charge < -0.3 is 20.3 Å². The first kappa shape index (κ1) is 67.1. The molecule has 0 radical (unpaired) electrons. The number of carbonyl (C=O) groups is 2. The van der Waals surface area contributed by atoms with Crippen LogP contribution in [0.1, 0.15) is 328 Å². The minimum atomic E-state index is -0.844. The third kappa shape index (κ3) is 55.2. The molecule has 69 heavy (non-hydrogen) atoms. The monoisotopic (exact) mass is 970 g/mol. The third-order valence-corrected chi connectivity index (χ3v) is 14.1. The molecule has 406 valence electrons. The maximum Gasteiger partial charge on any atom is 0.305 e. The summed E-state index contributed by atoms with van der Waals surface area (Å²) in [5.74, 6) is -0.0677. The first-order valence-electron chi connectivity index (χ1n) is 30.8. The van der Waals surface area contributed by atoms with Crippen molar-refractivity contribution in [3.63, 3.8) is 0 Å². The molecular weight excluding hydrogens is 851 g/mol. The van der Waals surface area contributed by atoms with Crippen molar-refractivity contribution in [1.82, 2.24) is 5.32 Å². The second kappa shape index (κ2) is 58.6. The maximum absolute atomic E-state index is 12.5. The van der Waals surface area contributed by atoms with Crippen molar-refractivity contribution in [2.75, 3.05) is 13.2 Å². The van der Waals surface area contributed by atoms with Gasteiger partial charge in [-0.05, 0) is 57.8 Å². The van der Waals surface area contributed by atoms with Crippen LogP contribution in [0.15, 0.2) is 36.5 Å². The zero-order valence-electron chi connectivity index (χ0n) is 46.3. The largest absolute Gasteiger partial charge is 0.466 e. The summed E-state index contributed by atoms with van der Waals surface area (Å²) in [6, 6.07) is -0.628. The van der Waals surface area contributed by atoms with Gasteiger partial charge in [-0.2, -0.15) is 0 Å². The number of hydrogen-bond acceptors (Lipinski definition) is 5. The van der Waals surface area contributed by atoms with E-state index in [4.69, 9.17) is 4.74 Å². The van der Waals surface area contributed by atoms with Crippen LogP contribution < -0.4 is 5.32 Å². The first-order chi connectivity index (χ1) is 34.0. The fourth-order valence-corrected chi connectivity index (χ4v) is 9.44. The molecule has 0 aromatic heterocycles. The van der Waals surface area contributed by atoms with Crippen LogP contribution in [0.25, 0.3) is 0 Å². The van der Waals surface area contributed by atoms with Gasteiger partial charge in [0.25, 0.3) is 0 Å². The molecule has 0 aliphatic rings. The van der Waals surface area contributed by atoms with Crippen molar-refractivity contribution < 1.29 is 24.5 Å². The van der Waals surface area contributed by atoms with E-state index in [0.717, 1.165) is 51.4 Å². The summed E-state index contributed by atoms with van der Waals surface area (Å²) < 4.78 is 5.47. The fourth-order valence-electron chi connectivity index (χ4n) is 9.44. The van der Waals surface area contributed by atoms with Gasteiger partial charge in [-0.15, -0.1) is 0 Å². The number of hydrogen-bond donors (Lipinski definition) is 3. The molecule has 3 N–H and O–H groups in total. The minimum Gasteiger partial charge on any atom is -0.466 e. The molecule has 6 nitrogen and oxygen atoms in total. The molecule has 0 spiro atoms. The lowest BCUT2D eigenvalue weighted by molar-refractivity contribution is -0.143. The van der Waals surface area contributed by atoms with Gasteiger partial charge in [0.1, 0.15) is 0 Å². The zero-order chi connectivity index (χ0) is 50.0. The van der Waals surface area contributed by atoms with E-state index in [-0.39, 0.29) is 18.5 Å². The SMILES string of the molecule is CCC/C=C\C/C=C\CCCCCCCC(=O)OCCCCCCCCCCCCCCCCCCCCCCCCCC(=O)NC(CO)C(O)/C=C/CCCCCCCCCCCCCCCC. The van der Waals surface area contributed by atoms with Crippen LogP contribution in [0.3, 0.4) is 0 Å². The summed E-state index contributed by atoms with van der Waals surface area (Å²) in [5.41, 5.74) is 0.